The van der Waals surface area contributed by atoms with Gasteiger partial charge in [-0.2, -0.15) is 0 Å². The Hall–Kier alpha value is -3.52. The van der Waals surface area contributed by atoms with Crippen molar-refractivity contribution in [1.82, 2.24) is 4.90 Å². The van der Waals surface area contributed by atoms with E-state index in [1.54, 1.807) is 6.07 Å². The first-order valence-electron chi connectivity index (χ1n) is 10.1. The van der Waals surface area contributed by atoms with E-state index in [-0.39, 0.29) is 23.5 Å². The van der Waals surface area contributed by atoms with E-state index in [1.807, 2.05) is 18.2 Å². The Balaban J connectivity index is 1.29. The molecule has 0 bridgehead atoms. The maximum atomic E-state index is 12.4. The summed E-state index contributed by atoms with van der Waals surface area (Å²) in [5.74, 6) is 0.598. The molecule has 0 amide bonds. The molecule has 1 aliphatic heterocycles. The van der Waals surface area contributed by atoms with Crippen LogP contribution in [-0.2, 0) is 17.9 Å². The van der Waals surface area contributed by atoms with E-state index in [2.05, 4.69) is 26.7 Å². The fourth-order valence-corrected chi connectivity index (χ4v) is 3.46. The molecule has 1 fully saturated rings. The molecule has 4 rings (SSSR count). The molecule has 0 unspecified atom stereocenters. The third-order valence-electron chi connectivity index (χ3n) is 5.14. The number of esters is 1. The lowest BCUT2D eigenvalue weighted by Gasteiger charge is -2.35. The molecular formula is C23H24N2O6. The molecule has 8 nitrogen and oxygen atoms in total. The number of ether oxygens (including phenoxy) is 2. The zero-order valence-corrected chi connectivity index (χ0v) is 17.3. The van der Waals surface area contributed by atoms with E-state index in [1.165, 1.54) is 31.2 Å². The highest BCUT2D eigenvalue weighted by atomic mass is 16.5. The van der Waals surface area contributed by atoms with E-state index < -0.39 is 5.97 Å². The molecule has 3 heterocycles. The van der Waals surface area contributed by atoms with Crippen LogP contribution in [0.3, 0.4) is 0 Å². The van der Waals surface area contributed by atoms with Gasteiger partial charge >= 0.3 is 5.97 Å². The Morgan fingerprint density at radius 1 is 1.03 bits per heavy atom. The van der Waals surface area contributed by atoms with E-state index >= 15 is 0 Å². The third-order valence-corrected chi connectivity index (χ3v) is 5.14. The first kappa shape index (κ1) is 20.7. The van der Waals surface area contributed by atoms with Crippen LogP contribution in [0, 0.1) is 0 Å². The van der Waals surface area contributed by atoms with Crippen LogP contribution < -0.4 is 15.1 Å². The minimum absolute atomic E-state index is 0.00253. The molecular weight excluding hydrogens is 400 g/mol. The van der Waals surface area contributed by atoms with Gasteiger partial charge in [0.05, 0.1) is 13.7 Å². The summed E-state index contributed by atoms with van der Waals surface area (Å²) in [7, 11) is 1.27. The van der Waals surface area contributed by atoms with Gasteiger partial charge in [0.15, 0.2) is 0 Å². The number of carbonyl (C=O) groups is 1. The van der Waals surface area contributed by atoms with Crippen LogP contribution >= 0.6 is 0 Å². The number of methoxy groups -OCH3 is 1. The van der Waals surface area contributed by atoms with Crippen molar-refractivity contribution in [3.05, 3.63) is 82.3 Å². The van der Waals surface area contributed by atoms with Crippen LogP contribution in [0.1, 0.15) is 22.1 Å². The minimum Gasteiger partial charge on any atom is -0.479 e. The van der Waals surface area contributed by atoms with Crippen LogP contribution in [0.5, 0.6) is 5.75 Å². The first-order chi connectivity index (χ1) is 15.1. The number of carbonyl (C=O) groups excluding carboxylic acids is 1. The van der Waals surface area contributed by atoms with Gasteiger partial charge in [-0.1, -0.05) is 18.2 Å². The summed E-state index contributed by atoms with van der Waals surface area (Å²) in [4.78, 5) is 28.4. The number of furan rings is 1. The molecule has 0 spiro atoms. The summed E-state index contributed by atoms with van der Waals surface area (Å²) in [5, 5.41) is 0. The van der Waals surface area contributed by atoms with Crippen molar-refractivity contribution in [2.75, 3.05) is 38.2 Å². The van der Waals surface area contributed by atoms with Crippen molar-refractivity contribution in [3.63, 3.8) is 0 Å². The van der Waals surface area contributed by atoms with Gasteiger partial charge in [-0.25, -0.2) is 4.79 Å². The number of benzene rings is 1. The monoisotopic (exact) mass is 424 g/mol. The largest absolute Gasteiger partial charge is 0.479 e. The fraction of sp³-hybridized carbons (Fsp3) is 0.304. The third kappa shape index (κ3) is 5.16. The minimum atomic E-state index is -0.570. The molecule has 2 aromatic heterocycles. The van der Waals surface area contributed by atoms with Crippen molar-refractivity contribution < 1.29 is 23.1 Å². The average Bonchev–Trinajstić information content (AvgIpc) is 3.28. The van der Waals surface area contributed by atoms with Gasteiger partial charge in [0.2, 0.25) is 16.9 Å². The number of rotatable bonds is 7. The predicted molar refractivity (Wildman–Crippen MR) is 113 cm³/mol. The smallest absolute Gasteiger partial charge is 0.373 e. The Bertz CT molecular complexity index is 1070. The second kappa shape index (κ2) is 9.53. The lowest BCUT2D eigenvalue weighted by atomic mass is 10.2. The molecule has 0 atom stereocenters. The summed E-state index contributed by atoms with van der Waals surface area (Å²) in [6, 6.07) is 14.9. The van der Waals surface area contributed by atoms with Crippen molar-refractivity contribution in [2.45, 2.75) is 13.2 Å². The van der Waals surface area contributed by atoms with Gasteiger partial charge in [0.25, 0.3) is 0 Å². The zero-order chi connectivity index (χ0) is 21.6. The number of anilines is 1. The molecule has 3 aromatic rings. The Kier molecular flexibility index (Phi) is 6.37. The molecule has 1 aromatic carbocycles. The summed E-state index contributed by atoms with van der Waals surface area (Å²) < 4.78 is 21.0. The van der Waals surface area contributed by atoms with Crippen molar-refractivity contribution in [1.29, 1.82) is 0 Å². The molecule has 0 aliphatic carbocycles. The lowest BCUT2D eigenvalue weighted by molar-refractivity contribution is 0.0561. The van der Waals surface area contributed by atoms with Crippen LogP contribution in [-0.4, -0.2) is 44.2 Å². The Morgan fingerprint density at radius 3 is 2.52 bits per heavy atom. The molecule has 162 valence electrons. The van der Waals surface area contributed by atoms with Crippen LogP contribution in [0.4, 0.5) is 5.69 Å². The van der Waals surface area contributed by atoms with Gasteiger partial charge < -0.3 is 23.2 Å². The van der Waals surface area contributed by atoms with Gasteiger partial charge in [0.1, 0.15) is 24.4 Å². The van der Waals surface area contributed by atoms with E-state index in [9.17, 15) is 9.59 Å². The van der Waals surface area contributed by atoms with E-state index in [0.29, 0.717) is 18.1 Å². The van der Waals surface area contributed by atoms with Crippen molar-refractivity contribution >= 4 is 11.7 Å². The topological polar surface area (TPSA) is 85.4 Å². The van der Waals surface area contributed by atoms with Crippen molar-refractivity contribution in [2.24, 2.45) is 0 Å². The molecule has 1 aliphatic rings. The highest BCUT2D eigenvalue weighted by Crippen LogP contribution is 2.17. The van der Waals surface area contributed by atoms with E-state index in [4.69, 9.17) is 13.6 Å². The molecule has 31 heavy (non-hydrogen) atoms. The quantitative estimate of drug-likeness (QED) is 0.535. The first-order valence-corrected chi connectivity index (χ1v) is 10.1. The SMILES string of the molecule is COC(=O)c1ccc(COc2coc(CN3CCN(c4ccccc4)CC3)cc2=O)o1. The normalized spacial score (nSPS) is 14.4. The number of hydrogen-bond donors (Lipinski definition) is 0. The summed E-state index contributed by atoms with van der Waals surface area (Å²) in [6.07, 6.45) is 1.32. The van der Waals surface area contributed by atoms with Gasteiger partial charge in [0, 0.05) is 37.9 Å². The summed E-state index contributed by atoms with van der Waals surface area (Å²) in [6.45, 7) is 4.19. The van der Waals surface area contributed by atoms with Crippen LogP contribution in [0.25, 0.3) is 0 Å². The number of hydrogen-bond acceptors (Lipinski definition) is 8. The van der Waals surface area contributed by atoms with E-state index in [0.717, 1.165) is 26.2 Å². The molecule has 0 N–H and O–H groups in total. The van der Waals surface area contributed by atoms with Gasteiger partial charge in [-0.15, -0.1) is 0 Å². The Labute approximate surface area is 179 Å². The zero-order valence-electron chi connectivity index (χ0n) is 17.3. The fourth-order valence-electron chi connectivity index (χ4n) is 3.46. The maximum absolute atomic E-state index is 12.4. The van der Waals surface area contributed by atoms with Gasteiger partial charge in [-0.05, 0) is 24.3 Å². The lowest BCUT2D eigenvalue weighted by Crippen LogP contribution is -2.46. The van der Waals surface area contributed by atoms with Crippen LogP contribution in [0.2, 0.25) is 0 Å². The second-order valence-electron chi connectivity index (χ2n) is 7.22. The molecule has 1 saturated heterocycles. The predicted octanol–water partition coefficient (Wildman–Crippen LogP) is 2.92. The standard InChI is InChI=1S/C23H24N2O6/c1-28-23(27)21-8-7-18(31-21)15-30-22-16-29-19(13-20(22)26)14-24-9-11-25(12-10-24)17-5-3-2-4-6-17/h2-8,13,16H,9-12,14-15H2,1H3. The Morgan fingerprint density at radius 2 is 1.81 bits per heavy atom. The summed E-state index contributed by atoms with van der Waals surface area (Å²) >= 11 is 0. The highest BCUT2D eigenvalue weighted by molar-refractivity contribution is 5.86. The second-order valence-corrected chi connectivity index (χ2v) is 7.22. The van der Waals surface area contributed by atoms with Gasteiger partial charge in [-0.3, -0.25) is 9.69 Å². The number of piperazine rings is 1. The summed E-state index contributed by atoms with van der Waals surface area (Å²) in [5.41, 5.74) is 0.967. The number of para-hydroxylation sites is 1. The molecule has 0 saturated carbocycles. The molecule has 0 radical (unpaired) electrons. The maximum Gasteiger partial charge on any atom is 0.373 e. The van der Waals surface area contributed by atoms with Crippen LogP contribution in [0.15, 0.2) is 68.4 Å². The van der Waals surface area contributed by atoms with Crippen molar-refractivity contribution in [3.8, 4) is 5.75 Å². The molecule has 8 heteroatoms. The number of nitrogens with zero attached hydrogens (tertiary/aromatic N) is 2. The highest BCUT2D eigenvalue weighted by Gasteiger charge is 2.18. The average molecular weight is 424 g/mol.